The molecule has 2 N–H and O–H groups in total. The third-order valence-corrected chi connectivity index (χ3v) is 8.66. The average molecular weight is 518 g/mol. The summed E-state index contributed by atoms with van der Waals surface area (Å²) in [6.07, 6.45) is 5.20. The van der Waals surface area contributed by atoms with Crippen LogP contribution >= 0.6 is 23.1 Å². The molecule has 1 unspecified atom stereocenters. The highest BCUT2D eigenvalue weighted by atomic mass is 32.2. The van der Waals surface area contributed by atoms with Gasteiger partial charge in [0, 0.05) is 22.2 Å². The van der Waals surface area contributed by atoms with Gasteiger partial charge in [0.1, 0.15) is 4.83 Å². The number of anilines is 1. The molecule has 1 aliphatic rings. The molecule has 0 bridgehead atoms. The van der Waals surface area contributed by atoms with Gasteiger partial charge in [-0.3, -0.25) is 14.4 Å². The van der Waals surface area contributed by atoms with Crippen molar-refractivity contribution < 1.29 is 9.59 Å². The fourth-order valence-electron chi connectivity index (χ4n) is 4.59. The number of fused-ring (bicyclic) bond motifs is 2. The zero-order valence-electron chi connectivity index (χ0n) is 20.2. The molecule has 0 spiro atoms. The highest BCUT2D eigenvalue weighted by Gasteiger charge is 2.22. The van der Waals surface area contributed by atoms with E-state index in [0.29, 0.717) is 33.0 Å². The minimum atomic E-state index is -0.452. The molecule has 2 heterocycles. The smallest absolute Gasteiger partial charge is 0.260 e. The van der Waals surface area contributed by atoms with E-state index in [9.17, 15) is 14.4 Å². The van der Waals surface area contributed by atoms with Crippen LogP contribution in [0.15, 0.2) is 57.8 Å². The molecule has 2 aromatic heterocycles. The number of thioether (sulfide) groups is 1. The third kappa shape index (κ3) is 5.01. The standard InChI is InChI=1S/C28H27N3O3S2/c1-3-23(25(33)29-21-10-6-9-18(14-21)16(2)32)36-28-30-26(34)24-22(15-35-27(24)31-28)20-12-11-17-7-4-5-8-19(17)13-20/h6,9-15,23H,3-5,7-8H2,1-2H3,(H,29,33)(H,30,31,34). The number of hydrogen-bond donors (Lipinski definition) is 2. The summed E-state index contributed by atoms with van der Waals surface area (Å²) in [4.78, 5) is 46.0. The quantitative estimate of drug-likeness (QED) is 0.172. The van der Waals surface area contributed by atoms with Crippen LogP contribution in [0.5, 0.6) is 0 Å². The van der Waals surface area contributed by atoms with Gasteiger partial charge < -0.3 is 10.3 Å². The summed E-state index contributed by atoms with van der Waals surface area (Å²) in [5, 5.41) is 5.45. The number of carbonyl (C=O) groups is 2. The predicted molar refractivity (Wildman–Crippen MR) is 147 cm³/mol. The summed E-state index contributed by atoms with van der Waals surface area (Å²) in [5.41, 5.74) is 5.65. The Morgan fingerprint density at radius 1 is 1.14 bits per heavy atom. The Balaban J connectivity index is 1.38. The van der Waals surface area contributed by atoms with Gasteiger partial charge in [-0.2, -0.15) is 0 Å². The number of ketones is 1. The van der Waals surface area contributed by atoms with Gasteiger partial charge in [-0.25, -0.2) is 4.98 Å². The van der Waals surface area contributed by atoms with Crippen LogP contribution in [0, 0.1) is 0 Å². The lowest BCUT2D eigenvalue weighted by molar-refractivity contribution is -0.115. The van der Waals surface area contributed by atoms with Crippen LogP contribution in [-0.4, -0.2) is 26.9 Å². The van der Waals surface area contributed by atoms with Crippen molar-refractivity contribution in [3.8, 4) is 11.1 Å². The molecular formula is C28H27N3O3S2. The SMILES string of the molecule is CCC(Sc1nc2scc(-c3ccc4c(c3)CCCC4)c2c(=O)[nH]1)C(=O)Nc1cccc(C(C)=O)c1. The Kier molecular flexibility index (Phi) is 7.07. The minimum absolute atomic E-state index is 0.0618. The summed E-state index contributed by atoms with van der Waals surface area (Å²) in [7, 11) is 0. The number of Topliss-reactive ketones (excluding diaryl/α,β-unsaturated/α-hetero) is 1. The molecule has 8 heteroatoms. The van der Waals surface area contributed by atoms with Gasteiger partial charge in [0.25, 0.3) is 5.56 Å². The van der Waals surface area contributed by atoms with Crippen LogP contribution in [-0.2, 0) is 17.6 Å². The van der Waals surface area contributed by atoms with Crippen LogP contribution in [0.1, 0.15) is 54.6 Å². The Bertz CT molecular complexity index is 1520. The first kappa shape index (κ1) is 24.5. The number of amides is 1. The second kappa shape index (κ2) is 10.4. The number of benzene rings is 2. The molecule has 0 saturated heterocycles. The number of rotatable bonds is 7. The summed E-state index contributed by atoms with van der Waals surface area (Å²) in [6.45, 7) is 3.41. The molecule has 0 radical (unpaired) electrons. The summed E-state index contributed by atoms with van der Waals surface area (Å²) >= 11 is 2.69. The number of aromatic amines is 1. The third-order valence-electron chi connectivity index (χ3n) is 6.54. The molecule has 1 aliphatic carbocycles. The molecule has 5 rings (SSSR count). The molecule has 0 aliphatic heterocycles. The number of aromatic nitrogens is 2. The summed E-state index contributed by atoms with van der Waals surface area (Å²) < 4.78 is 0. The van der Waals surface area contributed by atoms with E-state index in [1.165, 1.54) is 54.0 Å². The zero-order valence-corrected chi connectivity index (χ0v) is 21.9. The number of hydrogen-bond acceptors (Lipinski definition) is 6. The second-order valence-electron chi connectivity index (χ2n) is 9.03. The monoisotopic (exact) mass is 517 g/mol. The van der Waals surface area contributed by atoms with Gasteiger partial charge >= 0.3 is 0 Å². The minimum Gasteiger partial charge on any atom is -0.325 e. The molecule has 6 nitrogen and oxygen atoms in total. The average Bonchev–Trinajstić information content (AvgIpc) is 3.31. The van der Waals surface area contributed by atoms with E-state index in [1.807, 2.05) is 12.3 Å². The van der Waals surface area contributed by atoms with Gasteiger partial charge in [0.15, 0.2) is 10.9 Å². The molecule has 184 valence electrons. The van der Waals surface area contributed by atoms with Crippen molar-refractivity contribution >= 4 is 50.7 Å². The molecule has 0 fully saturated rings. The lowest BCUT2D eigenvalue weighted by Gasteiger charge is -2.16. The van der Waals surface area contributed by atoms with E-state index in [2.05, 4.69) is 33.5 Å². The van der Waals surface area contributed by atoms with Gasteiger partial charge in [0.05, 0.1) is 10.6 Å². The van der Waals surface area contributed by atoms with Gasteiger partial charge in [-0.05, 0) is 67.9 Å². The number of carbonyl (C=O) groups excluding carboxylic acids is 2. The number of aryl methyl sites for hydroxylation is 2. The van der Waals surface area contributed by atoms with Crippen molar-refractivity contribution in [3.63, 3.8) is 0 Å². The van der Waals surface area contributed by atoms with Crippen LogP contribution < -0.4 is 10.9 Å². The fourth-order valence-corrected chi connectivity index (χ4v) is 6.50. The number of nitrogens with one attached hydrogen (secondary N) is 2. The van der Waals surface area contributed by atoms with Crippen LogP contribution in [0.3, 0.4) is 0 Å². The topological polar surface area (TPSA) is 91.9 Å². The molecule has 2 aromatic carbocycles. The van der Waals surface area contributed by atoms with E-state index in [4.69, 9.17) is 0 Å². The maximum Gasteiger partial charge on any atom is 0.260 e. The van der Waals surface area contributed by atoms with Crippen LogP contribution in [0.4, 0.5) is 5.69 Å². The van der Waals surface area contributed by atoms with Crippen LogP contribution in [0.2, 0.25) is 0 Å². The number of thiophene rings is 1. The number of H-pyrrole nitrogens is 1. The Morgan fingerprint density at radius 3 is 2.72 bits per heavy atom. The first-order valence-electron chi connectivity index (χ1n) is 12.1. The van der Waals surface area contributed by atoms with Gasteiger partial charge in [0.2, 0.25) is 5.91 Å². The largest absolute Gasteiger partial charge is 0.325 e. The first-order valence-corrected chi connectivity index (χ1v) is 13.9. The Hall–Kier alpha value is -3.23. The Labute approximate surface area is 217 Å². The van der Waals surface area contributed by atoms with E-state index < -0.39 is 5.25 Å². The van der Waals surface area contributed by atoms with Crippen molar-refractivity contribution in [1.29, 1.82) is 0 Å². The van der Waals surface area contributed by atoms with Crippen molar-refractivity contribution in [2.45, 2.75) is 56.4 Å². The second-order valence-corrected chi connectivity index (χ2v) is 11.1. The Morgan fingerprint density at radius 2 is 1.94 bits per heavy atom. The molecular weight excluding hydrogens is 490 g/mol. The maximum absolute atomic E-state index is 13.1. The van der Waals surface area contributed by atoms with Crippen molar-refractivity contribution in [2.75, 3.05) is 5.32 Å². The van der Waals surface area contributed by atoms with Crippen molar-refractivity contribution in [1.82, 2.24) is 9.97 Å². The lowest BCUT2D eigenvalue weighted by atomic mass is 9.89. The summed E-state index contributed by atoms with van der Waals surface area (Å²) in [5.74, 6) is -0.264. The van der Waals surface area contributed by atoms with E-state index in [-0.39, 0.29) is 17.2 Å². The van der Waals surface area contributed by atoms with Gasteiger partial charge in [-0.15, -0.1) is 11.3 Å². The summed E-state index contributed by atoms with van der Waals surface area (Å²) in [6, 6.07) is 13.4. The predicted octanol–water partition coefficient (Wildman–Crippen LogP) is 6.24. The van der Waals surface area contributed by atoms with Crippen molar-refractivity contribution in [2.24, 2.45) is 0 Å². The number of nitrogens with zero attached hydrogens (tertiary/aromatic N) is 1. The highest BCUT2D eigenvalue weighted by Crippen LogP contribution is 2.34. The van der Waals surface area contributed by atoms with E-state index in [1.54, 1.807) is 24.3 Å². The highest BCUT2D eigenvalue weighted by molar-refractivity contribution is 8.00. The molecule has 0 saturated carbocycles. The van der Waals surface area contributed by atoms with Crippen LogP contribution in [0.25, 0.3) is 21.3 Å². The molecule has 1 atom stereocenters. The van der Waals surface area contributed by atoms with E-state index >= 15 is 0 Å². The molecule has 36 heavy (non-hydrogen) atoms. The normalized spacial score (nSPS) is 13.8. The maximum atomic E-state index is 13.1. The molecule has 1 amide bonds. The van der Waals surface area contributed by atoms with Crippen molar-refractivity contribution in [3.05, 3.63) is 74.9 Å². The fraction of sp³-hybridized carbons (Fsp3) is 0.286. The van der Waals surface area contributed by atoms with Gasteiger partial charge in [-0.1, -0.05) is 49.0 Å². The zero-order chi connectivity index (χ0) is 25.2. The molecule has 4 aromatic rings. The van der Waals surface area contributed by atoms with E-state index in [0.717, 1.165) is 24.0 Å². The lowest BCUT2D eigenvalue weighted by Crippen LogP contribution is -2.25. The first-order chi connectivity index (χ1) is 17.4.